The molecule has 0 aromatic carbocycles. The highest BCUT2D eigenvalue weighted by Crippen LogP contribution is 2.68. The second kappa shape index (κ2) is 3.95. The fourth-order valence-electron chi connectivity index (χ4n) is 5.05. The summed E-state index contributed by atoms with van der Waals surface area (Å²) in [7, 11) is 0. The van der Waals surface area contributed by atoms with Gasteiger partial charge in [-0.25, -0.2) is 0 Å². The van der Waals surface area contributed by atoms with E-state index in [1.54, 1.807) is 0 Å². The predicted molar refractivity (Wildman–Crippen MR) is 61.2 cm³/mol. The predicted octanol–water partition coefficient (Wildman–Crippen LogP) is 0.765. The smallest absolute Gasteiger partial charge is 0.307 e. The van der Waals surface area contributed by atoms with Gasteiger partial charge in [-0.2, -0.15) is 0 Å². The van der Waals surface area contributed by atoms with Crippen LogP contribution in [0.1, 0.15) is 19.3 Å². The second-order valence-electron chi connectivity index (χ2n) is 6.14. The summed E-state index contributed by atoms with van der Waals surface area (Å²) in [5.41, 5.74) is 0. The zero-order valence-electron chi connectivity index (χ0n) is 10.2. The van der Waals surface area contributed by atoms with Gasteiger partial charge in [-0.15, -0.1) is 0 Å². The average molecular weight is 268 g/mol. The SMILES string of the molecule is O=C(O)CC1CC2CC1C1C(C(=O)O)C(C(=O)O)C21. The molecule has 3 rings (SSSR count). The molecule has 0 radical (unpaired) electrons. The first-order valence-corrected chi connectivity index (χ1v) is 6.59. The van der Waals surface area contributed by atoms with Crippen LogP contribution in [0.4, 0.5) is 0 Å². The number of carbonyl (C=O) groups is 3. The number of carboxylic acid groups (broad SMARTS) is 3. The van der Waals surface area contributed by atoms with Crippen molar-refractivity contribution < 1.29 is 29.7 Å². The van der Waals surface area contributed by atoms with E-state index in [9.17, 15) is 24.6 Å². The van der Waals surface area contributed by atoms with E-state index in [0.29, 0.717) is 0 Å². The fourth-order valence-corrected chi connectivity index (χ4v) is 5.05. The molecule has 3 fully saturated rings. The highest BCUT2D eigenvalue weighted by molar-refractivity contribution is 5.83. The minimum atomic E-state index is -1.05. The quantitative estimate of drug-likeness (QED) is 0.694. The van der Waals surface area contributed by atoms with Crippen LogP contribution in [-0.4, -0.2) is 33.2 Å². The number of rotatable bonds is 4. The number of hydrogen-bond donors (Lipinski definition) is 3. The maximum atomic E-state index is 11.3. The van der Waals surface area contributed by atoms with Crippen molar-refractivity contribution in [1.29, 1.82) is 0 Å². The first kappa shape index (κ1) is 12.4. The Kier molecular flexibility index (Phi) is 2.59. The summed E-state index contributed by atoms with van der Waals surface area (Å²) in [6, 6.07) is 0. The van der Waals surface area contributed by atoms with Crippen molar-refractivity contribution >= 4 is 17.9 Å². The molecular formula is C13H16O6. The van der Waals surface area contributed by atoms with Crippen molar-refractivity contribution in [2.45, 2.75) is 19.3 Å². The van der Waals surface area contributed by atoms with Crippen LogP contribution in [0, 0.1) is 41.4 Å². The van der Waals surface area contributed by atoms with Crippen LogP contribution in [0.15, 0.2) is 0 Å². The highest BCUT2D eigenvalue weighted by Gasteiger charge is 2.69. The lowest BCUT2D eigenvalue weighted by Gasteiger charge is -2.52. The third-order valence-corrected chi connectivity index (χ3v) is 5.49. The summed E-state index contributed by atoms with van der Waals surface area (Å²) in [5, 5.41) is 27.3. The Hall–Kier alpha value is -1.59. The molecule has 0 saturated heterocycles. The highest BCUT2D eigenvalue weighted by atomic mass is 16.4. The van der Waals surface area contributed by atoms with Gasteiger partial charge in [0.15, 0.2) is 0 Å². The molecule has 3 aliphatic carbocycles. The summed E-state index contributed by atoms with van der Waals surface area (Å²) in [5.74, 6) is -4.37. The van der Waals surface area contributed by atoms with Gasteiger partial charge in [0, 0.05) is 6.42 Å². The normalized spacial score (nSPS) is 46.4. The molecule has 0 heterocycles. The van der Waals surface area contributed by atoms with Gasteiger partial charge in [-0.05, 0) is 42.4 Å². The molecule has 3 aliphatic rings. The Labute approximate surface area is 109 Å². The van der Waals surface area contributed by atoms with Crippen LogP contribution >= 0.6 is 0 Å². The molecule has 3 N–H and O–H groups in total. The molecule has 0 aliphatic heterocycles. The molecular weight excluding hydrogens is 252 g/mol. The van der Waals surface area contributed by atoms with E-state index in [1.165, 1.54) is 0 Å². The molecule has 0 aromatic heterocycles. The van der Waals surface area contributed by atoms with Crippen LogP contribution in [0.3, 0.4) is 0 Å². The molecule has 7 atom stereocenters. The maximum absolute atomic E-state index is 11.3. The van der Waals surface area contributed by atoms with E-state index in [4.69, 9.17) is 5.11 Å². The monoisotopic (exact) mass is 268 g/mol. The van der Waals surface area contributed by atoms with Gasteiger partial charge >= 0.3 is 17.9 Å². The fraction of sp³-hybridized carbons (Fsp3) is 0.769. The average Bonchev–Trinajstić information content (AvgIpc) is 2.68. The zero-order chi connectivity index (χ0) is 13.9. The minimum absolute atomic E-state index is 0.0281. The molecule has 6 heteroatoms. The largest absolute Gasteiger partial charge is 0.481 e. The Bertz CT molecular complexity index is 458. The number of carboxylic acids is 3. The molecule has 104 valence electrons. The summed E-state index contributed by atoms with van der Waals surface area (Å²) < 4.78 is 0. The lowest BCUT2D eigenvalue weighted by Crippen LogP contribution is -2.57. The van der Waals surface area contributed by atoms with Crippen molar-refractivity contribution in [2.75, 3.05) is 0 Å². The van der Waals surface area contributed by atoms with Crippen LogP contribution < -0.4 is 0 Å². The van der Waals surface area contributed by atoms with E-state index in [-0.39, 0.29) is 36.0 Å². The Morgan fingerprint density at radius 2 is 1.47 bits per heavy atom. The Balaban J connectivity index is 1.82. The zero-order valence-corrected chi connectivity index (χ0v) is 10.2. The molecule has 7 unspecified atom stereocenters. The van der Waals surface area contributed by atoms with Gasteiger partial charge in [0.05, 0.1) is 11.8 Å². The topological polar surface area (TPSA) is 112 Å². The van der Waals surface area contributed by atoms with E-state index in [1.807, 2.05) is 0 Å². The Morgan fingerprint density at radius 1 is 0.895 bits per heavy atom. The van der Waals surface area contributed by atoms with E-state index in [2.05, 4.69) is 0 Å². The molecule has 2 bridgehead atoms. The number of hydrogen-bond acceptors (Lipinski definition) is 3. The standard InChI is InChI=1S/C13H16O6/c14-7(15)3-4-1-5-2-6(4)9-8(5)10(12(16)17)11(9)13(18)19/h4-6,8-11H,1-3H2,(H,14,15)(H,16,17)(H,18,19). The van der Waals surface area contributed by atoms with Gasteiger partial charge in [-0.1, -0.05) is 0 Å². The van der Waals surface area contributed by atoms with Gasteiger partial charge in [0.1, 0.15) is 0 Å². The summed E-state index contributed by atoms with van der Waals surface area (Å²) >= 11 is 0. The lowest BCUT2D eigenvalue weighted by molar-refractivity contribution is -0.182. The Morgan fingerprint density at radius 3 is 2.00 bits per heavy atom. The van der Waals surface area contributed by atoms with Crippen LogP contribution in [-0.2, 0) is 14.4 Å². The molecule has 0 spiro atoms. The molecule has 0 amide bonds. The molecule has 19 heavy (non-hydrogen) atoms. The van der Waals surface area contributed by atoms with Crippen molar-refractivity contribution in [3.63, 3.8) is 0 Å². The third kappa shape index (κ3) is 1.58. The molecule has 6 nitrogen and oxygen atoms in total. The summed E-state index contributed by atoms with van der Waals surface area (Å²) in [6.07, 6.45) is 1.63. The van der Waals surface area contributed by atoms with Crippen LogP contribution in [0.5, 0.6) is 0 Å². The van der Waals surface area contributed by atoms with Gasteiger partial charge < -0.3 is 15.3 Å². The summed E-state index contributed by atoms with van der Waals surface area (Å²) in [4.78, 5) is 33.3. The maximum Gasteiger partial charge on any atom is 0.307 e. The van der Waals surface area contributed by atoms with E-state index in [0.717, 1.165) is 12.8 Å². The van der Waals surface area contributed by atoms with Crippen molar-refractivity contribution in [2.24, 2.45) is 41.4 Å². The van der Waals surface area contributed by atoms with Crippen molar-refractivity contribution in [3.05, 3.63) is 0 Å². The van der Waals surface area contributed by atoms with E-state index < -0.39 is 29.7 Å². The number of fused-ring (bicyclic) bond motifs is 5. The second-order valence-corrected chi connectivity index (χ2v) is 6.14. The van der Waals surface area contributed by atoms with Crippen molar-refractivity contribution in [3.8, 4) is 0 Å². The minimum Gasteiger partial charge on any atom is -0.481 e. The summed E-state index contributed by atoms with van der Waals surface area (Å²) in [6.45, 7) is 0. The first-order valence-electron chi connectivity index (χ1n) is 6.59. The lowest BCUT2D eigenvalue weighted by atomic mass is 9.50. The number of aliphatic carboxylic acids is 3. The van der Waals surface area contributed by atoms with Crippen LogP contribution in [0.2, 0.25) is 0 Å². The third-order valence-electron chi connectivity index (χ3n) is 5.49. The first-order chi connectivity index (χ1) is 8.91. The molecule has 0 aromatic rings. The van der Waals surface area contributed by atoms with Crippen molar-refractivity contribution in [1.82, 2.24) is 0 Å². The van der Waals surface area contributed by atoms with Crippen LogP contribution in [0.25, 0.3) is 0 Å². The van der Waals surface area contributed by atoms with E-state index >= 15 is 0 Å². The molecule has 3 saturated carbocycles. The van der Waals surface area contributed by atoms with Gasteiger partial charge in [0.2, 0.25) is 0 Å². The van der Waals surface area contributed by atoms with Gasteiger partial charge in [-0.3, -0.25) is 14.4 Å². The van der Waals surface area contributed by atoms with Gasteiger partial charge in [0.25, 0.3) is 0 Å².